The Morgan fingerprint density at radius 2 is 1.71 bits per heavy atom. The summed E-state index contributed by atoms with van der Waals surface area (Å²) in [6.07, 6.45) is 17.1. The highest BCUT2D eigenvalue weighted by Crippen LogP contribution is 2.61. The van der Waals surface area contributed by atoms with Crippen LogP contribution >= 0.6 is 0 Å². The monoisotopic (exact) mass is 383 g/mol. The van der Waals surface area contributed by atoms with Crippen molar-refractivity contribution in [2.75, 3.05) is 13.1 Å². The Hall–Kier alpha value is -1.58. The molecule has 4 aliphatic rings. The molecule has 154 valence electrons. The maximum absolute atomic E-state index is 12.9. The molecule has 1 aromatic heterocycles. The van der Waals surface area contributed by atoms with Gasteiger partial charge in [0.15, 0.2) is 0 Å². The Bertz CT molecular complexity index is 609. The fourth-order valence-electron chi connectivity index (χ4n) is 6.63. The highest BCUT2D eigenvalue weighted by molar-refractivity contribution is 5.74. The summed E-state index contributed by atoms with van der Waals surface area (Å²) in [6, 6.07) is 4.05. The molecule has 2 amide bonds. The van der Waals surface area contributed by atoms with E-state index < -0.39 is 0 Å². The largest absolute Gasteiger partial charge is 0.334 e. The summed E-state index contributed by atoms with van der Waals surface area (Å²) < 4.78 is 0. The van der Waals surface area contributed by atoms with Crippen molar-refractivity contribution in [2.24, 2.45) is 23.2 Å². The number of carbonyl (C=O) groups is 1. The van der Waals surface area contributed by atoms with Crippen molar-refractivity contribution in [1.29, 1.82) is 0 Å². The van der Waals surface area contributed by atoms with E-state index in [9.17, 15) is 4.79 Å². The van der Waals surface area contributed by atoms with Gasteiger partial charge in [0, 0.05) is 32.0 Å². The van der Waals surface area contributed by atoms with Gasteiger partial charge < -0.3 is 10.2 Å². The molecule has 4 fully saturated rings. The first-order valence-corrected chi connectivity index (χ1v) is 11.6. The molecule has 1 N–H and O–H groups in total. The number of amides is 2. The van der Waals surface area contributed by atoms with Gasteiger partial charge >= 0.3 is 6.03 Å². The number of aromatic nitrogens is 1. The van der Waals surface area contributed by atoms with Crippen molar-refractivity contribution in [1.82, 2.24) is 15.2 Å². The quantitative estimate of drug-likeness (QED) is 0.581. The van der Waals surface area contributed by atoms with Crippen LogP contribution in [0.4, 0.5) is 4.79 Å². The summed E-state index contributed by atoms with van der Waals surface area (Å²) in [5.41, 5.74) is 1.65. The van der Waals surface area contributed by atoms with E-state index in [-0.39, 0.29) is 6.03 Å². The normalized spacial score (nSPS) is 30.4. The molecular weight excluding hydrogens is 346 g/mol. The fourth-order valence-corrected chi connectivity index (χ4v) is 6.63. The fraction of sp³-hybridized carbons (Fsp3) is 0.750. The van der Waals surface area contributed by atoms with Gasteiger partial charge in [-0.15, -0.1) is 0 Å². The zero-order chi connectivity index (χ0) is 19.4. The Morgan fingerprint density at radius 1 is 1.07 bits per heavy atom. The summed E-state index contributed by atoms with van der Waals surface area (Å²) in [5, 5.41) is 3.14. The lowest BCUT2D eigenvalue weighted by Gasteiger charge is -2.57. The summed E-state index contributed by atoms with van der Waals surface area (Å²) in [7, 11) is 0. The average molecular weight is 384 g/mol. The molecule has 0 saturated heterocycles. The highest BCUT2D eigenvalue weighted by Gasteiger charge is 2.50. The molecule has 4 nitrogen and oxygen atoms in total. The topological polar surface area (TPSA) is 45.2 Å². The molecule has 4 bridgehead atoms. The Labute approximate surface area is 170 Å². The lowest BCUT2D eigenvalue weighted by atomic mass is 9.49. The number of carbonyl (C=O) groups excluding carboxylic acids is 1. The molecule has 0 aliphatic heterocycles. The van der Waals surface area contributed by atoms with Crippen molar-refractivity contribution in [3.63, 3.8) is 0 Å². The van der Waals surface area contributed by atoms with Crippen LogP contribution in [0.2, 0.25) is 0 Å². The van der Waals surface area contributed by atoms with Gasteiger partial charge in [-0.2, -0.15) is 0 Å². The molecule has 1 aromatic rings. The van der Waals surface area contributed by atoms with E-state index in [0.717, 1.165) is 42.8 Å². The second kappa shape index (κ2) is 8.84. The van der Waals surface area contributed by atoms with Gasteiger partial charge in [-0.3, -0.25) is 4.98 Å². The van der Waals surface area contributed by atoms with E-state index in [1.807, 2.05) is 12.1 Å². The van der Waals surface area contributed by atoms with Crippen LogP contribution in [0, 0.1) is 23.2 Å². The maximum atomic E-state index is 12.9. The molecule has 28 heavy (non-hydrogen) atoms. The molecule has 0 unspecified atom stereocenters. The van der Waals surface area contributed by atoms with Crippen molar-refractivity contribution in [3.05, 3.63) is 30.1 Å². The second-order valence-corrected chi connectivity index (χ2v) is 9.88. The Kier molecular flexibility index (Phi) is 6.22. The van der Waals surface area contributed by atoms with Crippen molar-refractivity contribution < 1.29 is 4.79 Å². The lowest BCUT2D eigenvalue weighted by molar-refractivity contribution is -0.0596. The minimum absolute atomic E-state index is 0.109. The third-order valence-corrected chi connectivity index (χ3v) is 7.59. The van der Waals surface area contributed by atoms with E-state index in [1.165, 1.54) is 57.8 Å². The maximum Gasteiger partial charge on any atom is 0.317 e. The van der Waals surface area contributed by atoms with Crippen LogP contribution < -0.4 is 5.32 Å². The van der Waals surface area contributed by atoms with Gasteiger partial charge in [-0.25, -0.2) is 4.79 Å². The van der Waals surface area contributed by atoms with E-state index >= 15 is 0 Å². The minimum Gasteiger partial charge on any atom is -0.334 e. The van der Waals surface area contributed by atoms with Gasteiger partial charge in [-0.05, 0) is 92.2 Å². The van der Waals surface area contributed by atoms with Crippen LogP contribution in [0.1, 0.15) is 76.7 Å². The number of unbranched alkanes of at least 4 members (excludes halogenated alkanes) is 2. The molecular formula is C24H37N3O. The van der Waals surface area contributed by atoms with Gasteiger partial charge in [-0.1, -0.05) is 19.8 Å². The summed E-state index contributed by atoms with van der Waals surface area (Å²) in [6.45, 7) is 4.63. The first-order valence-electron chi connectivity index (χ1n) is 11.6. The Morgan fingerprint density at radius 3 is 2.32 bits per heavy atom. The zero-order valence-electron chi connectivity index (χ0n) is 17.5. The van der Waals surface area contributed by atoms with Crippen LogP contribution in [0.5, 0.6) is 0 Å². The third-order valence-electron chi connectivity index (χ3n) is 7.59. The van der Waals surface area contributed by atoms with Crippen LogP contribution in [-0.2, 0) is 6.54 Å². The molecule has 1 heterocycles. The van der Waals surface area contributed by atoms with E-state index in [1.54, 1.807) is 12.4 Å². The SMILES string of the molecule is CCCCCN(CCC12CC3CC(CC(C3)C1)C2)C(=O)NCc1ccncc1. The van der Waals surface area contributed by atoms with Gasteiger partial charge in [0.05, 0.1) is 0 Å². The number of hydrogen-bond acceptors (Lipinski definition) is 2. The molecule has 4 heteroatoms. The van der Waals surface area contributed by atoms with Gasteiger partial charge in [0.2, 0.25) is 0 Å². The number of hydrogen-bond donors (Lipinski definition) is 1. The molecule has 0 radical (unpaired) electrons. The molecule has 4 aliphatic carbocycles. The second-order valence-electron chi connectivity index (χ2n) is 9.88. The summed E-state index contributed by atoms with van der Waals surface area (Å²) in [5.74, 6) is 2.96. The van der Waals surface area contributed by atoms with E-state index in [0.29, 0.717) is 12.0 Å². The standard InChI is InChI=1S/C24H37N3O/c1-2-3-4-10-27(23(28)26-18-19-5-8-25-9-6-19)11-7-24-15-20-12-21(16-24)14-22(13-20)17-24/h5-6,8-9,20-22H,2-4,7,10-18H2,1H3,(H,26,28). The molecule has 4 saturated carbocycles. The Balaban J connectivity index is 1.33. The third kappa shape index (κ3) is 4.69. The molecule has 0 atom stereocenters. The number of pyridine rings is 1. The first kappa shape index (κ1) is 19.7. The van der Waals surface area contributed by atoms with Crippen LogP contribution in [-0.4, -0.2) is 29.0 Å². The molecule has 5 rings (SSSR count). The average Bonchev–Trinajstić information content (AvgIpc) is 2.68. The minimum atomic E-state index is 0.109. The number of rotatable bonds is 9. The smallest absolute Gasteiger partial charge is 0.317 e. The van der Waals surface area contributed by atoms with Crippen molar-refractivity contribution >= 4 is 6.03 Å². The van der Waals surface area contributed by atoms with Crippen LogP contribution in [0.15, 0.2) is 24.5 Å². The molecule has 0 spiro atoms. The number of nitrogens with zero attached hydrogens (tertiary/aromatic N) is 2. The van der Waals surface area contributed by atoms with E-state index in [4.69, 9.17) is 0 Å². The molecule has 0 aromatic carbocycles. The summed E-state index contributed by atoms with van der Waals surface area (Å²) >= 11 is 0. The van der Waals surface area contributed by atoms with Gasteiger partial charge in [0.1, 0.15) is 0 Å². The van der Waals surface area contributed by atoms with Crippen molar-refractivity contribution in [2.45, 2.75) is 77.7 Å². The number of urea groups is 1. The van der Waals surface area contributed by atoms with Gasteiger partial charge in [0.25, 0.3) is 0 Å². The predicted molar refractivity (Wildman–Crippen MR) is 113 cm³/mol. The first-order chi connectivity index (χ1) is 13.7. The lowest BCUT2D eigenvalue weighted by Crippen LogP contribution is -2.48. The van der Waals surface area contributed by atoms with Crippen molar-refractivity contribution in [3.8, 4) is 0 Å². The predicted octanol–water partition coefficient (Wildman–Crippen LogP) is 5.39. The van der Waals surface area contributed by atoms with Crippen LogP contribution in [0.3, 0.4) is 0 Å². The summed E-state index contributed by atoms with van der Waals surface area (Å²) in [4.78, 5) is 19.1. The highest BCUT2D eigenvalue weighted by atomic mass is 16.2. The zero-order valence-corrected chi connectivity index (χ0v) is 17.5. The number of nitrogens with one attached hydrogen (secondary N) is 1. The van der Waals surface area contributed by atoms with Crippen LogP contribution in [0.25, 0.3) is 0 Å². The van der Waals surface area contributed by atoms with E-state index in [2.05, 4.69) is 22.1 Å².